The molecule has 1 atom stereocenters. The van der Waals surface area contributed by atoms with Crippen molar-refractivity contribution in [2.75, 3.05) is 6.54 Å². The molecule has 1 aliphatic rings. The van der Waals surface area contributed by atoms with Crippen LogP contribution in [0.15, 0.2) is 0 Å². The number of carbonyl (C=O) groups is 1. The summed E-state index contributed by atoms with van der Waals surface area (Å²) < 4.78 is 0. The Morgan fingerprint density at radius 1 is 1.25 bits per heavy atom. The van der Waals surface area contributed by atoms with Crippen molar-refractivity contribution < 1.29 is 4.79 Å². The molecular formula is C13H26N2O. The smallest absolute Gasteiger partial charge is 0.234 e. The van der Waals surface area contributed by atoms with Gasteiger partial charge >= 0.3 is 0 Å². The average molecular weight is 226 g/mol. The summed E-state index contributed by atoms with van der Waals surface area (Å²) in [6.45, 7) is 6.60. The number of carbonyl (C=O) groups excluding carboxylic acids is 1. The summed E-state index contributed by atoms with van der Waals surface area (Å²) in [5.41, 5.74) is 0. The first-order valence-electron chi connectivity index (χ1n) is 6.60. The van der Waals surface area contributed by atoms with Gasteiger partial charge in [0.25, 0.3) is 0 Å². The number of rotatable bonds is 6. The topological polar surface area (TPSA) is 41.1 Å². The number of nitrogens with one attached hydrogen (secondary N) is 2. The lowest BCUT2D eigenvalue weighted by molar-refractivity contribution is -0.120. The van der Waals surface area contributed by atoms with Crippen LogP contribution in [0.1, 0.15) is 52.9 Å². The molecule has 0 heterocycles. The van der Waals surface area contributed by atoms with E-state index in [0.717, 1.165) is 5.92 Å². The lowest BCUT2D eigenvalue weighted by atomic mass is 9.99. The number of amides is 1. The Labute approximate surface area is 99.4 Å². The summed E-state index contributed by atoms with van der Waals surface area (Å²) in [7, 11) is 0. The third kappa shape index (κ3) is 5.50. The van der Waals surface area contributed by atoms with E-state index >= 15 is 0 Å². The van der Waals surface area contributed by atoms with Crippen molar-refractivity contribution >= 4 is 5.91 Å². The molecule has 1 aliphatic carbocycles. The van der Waals surface area contributed by atoms with Gasteiger partial charge in [0.05, 0.1) is 6.54 Å². The van der Waals surface area contributed by atoms with Crippen LogP contribution in [0.5, 0.6) is 0 Å². The molecule has 3 nitrogen and oxygen atoms in total. The van der Waals surface area contributed by atoms with Gasteiger partial charge in [-0.1, -0.05) is 25.7 Å². The van der Waals surface area contributed by atoms with Gasteiger partial charge < -0.3 is 10.6 Å². The van der Waals surface area contributed by atoms with Crippen LogP contribution < -0.4 is 10.6 Å². The highest BCUT2D eigenvalue weighted by Gasteiger charge is 2.17. The zero-order chi connectivity index (χ0) is 12.0. The zero-order valence-electron chi connectivity index (χ0n) is 10.9. The fourth-order valence-electron chi connectivity index (χ4n) is 2.47. The van der Waals surface area contributed by atoms with E-state index in [1.54, 1.807) is 0 Å². The van der Waals surface area contributed by atoms with Crippen molar-refractivity contribution in [3.05, 3.63) is 0 Å². The molecule has 3 heteroatoms. The van der Waals surface area contributed by atoms with E-state index in [1.165, 1.54) is 32.1 Å². The van der Waals surface area contributed by atoms with Crippen molar-refractivity contribution in [1.29, 1.82) is 0 Å². The molecule has 1 rings (SSSR count). The monoisotopic (exact) mass is 226 g/mol. The third-order valence-electron chi connectivity index (χ3n) is 3.22. The summed E-state index contributed by atoms with van der Waals surface area (Å²) in [6.07, 6.45) is 6.76. The lowest BCUT2D eigenvalue weighted by Gasteiger charge is -2.18. The molecule has 94 valence electrons. The van der Waals surface area contributed by atoms with Gasteiger partial charge in [-0.15, -0.1) is 0 Å². The molecular weight excluding hydrogens is 200 g/mol. The Balaban J connectivity index is 2.09. The fourth-order valence-corrected chi connectivity index (χ4v) is 2.47. The molecule has 0 bridgehead atoms. The first-order valence-corrected chi connectivity index (χ1v) is 6.60. The fraction of sp³-hybridized carbons (Fsp3) is 0.923. The molecule has 0 radical (unpaired) electrons. The van der Waals surface area contributed by atoms with Crippen molar-refractivity contribution in [3.63, 3.8) is 0 Å². The van der Waals surface area contributed by atoms with Crippen molar-refractivity contribution in [3.8, 4) is 0 Å². The van der Waals surface area contributed by atoms with E-state index in [1.807, 2.05) is 13.8 Å². The first-order chi connectivity index (χ1) is 7.58. The Hall–Kier alpha value is -0.570. The molecule has 0 aromatic heterocycles. The van der Waals surface area contributed by atoms with Crippen LogP contribution >= 0.6 is 0 Å². The summed E-state index contributed by atoms with van der Waals surface area (Å²) in [5, 5.41) is 6.19. The number of hydrogen-bond donors (Lipinski definition) is 2. The quantitative estimate of drug-likeness (QED) is 0.728. The molecule has 1 fully saturated rings. The SMILES string of the molecule is CC(C)NC(=O)CNC(C)CC1CCCC1. The molecule has 0 saturated heterocycles. The minimum Gasteiger partial charge on any atom is -0.353 e. The van der Waals surface area contributed by atoms with E-state index in [4.69, 9.17) is 0 Å². The summed E-state index contributed by atoms with van der Waals surface area (Å²) >= 11 is 0. The molecule has 2 N–H and O–H groups in total. The normalized spacial score (nSPS) is 19.0. The Bertz CT molecular complexity index is 210. The van der Waals surface area contributed by atoms with Crippen LogP contribution in [0.25, 0.3) is 0 Å². The molecule has 0 spiro atoms. The highest BCUT2D eigenvalue weighted by Crippen LogP contribution is 2.28. The lowest BCUT2D eigenvalue weighted by Crippen LogP contribution is -2.41. The second-order valence-electron chi connectivity index (χ2n) is 5.39. The standard InChI is InChI=1S/C13H26N2O/c1-10(2)15-13(16)9-14-11(3)8-12-6-4-5-7-12/h10-12,14H,4-9H2,1-3H3,(H,15,16). The van der Waals surface area contributed by atoms with Crippen LogP contribution in [0.2, 0.25) is 0 Å². The predicted octanol–water partition coefficient (Wildman–Crippen LogP) is 2.07. The maximum absolute atomic E-state index is 11.4. The predicted molar refractivity (Wildman–Crippen MR) is 67.3 cm³/mol. The van der Waals surface area contributed by atoms with E-state index in [-0.39, 0.29) is 11.9 Å². The summed E-state index contributed by atoms with van der Waals surface area (Å²) in [4.78, 5) is 11.4. The Kier molecular flexibility index (Phi) is 5.81. The molecule has 0 aromatic rings. The minimum atomic E-state index is 0.105. The van der Waals surface area contributed by atoms with Gasteiger partial charge in [-0.2, -0.15) is 0 Å². The Morgan fingerprint density at radius 3 is 2.44 bits per heavy atom. The molecule has 1 amide bonds. The highest BCUT2D eigenvalue weighted by molar-refractivity contribution is 5.78. The summed E-state index contributed by atoms with van der Waals surface area (Å²) in [5.74, 6) is 0.990. The highest BCUT2D eigenvalue weighted by atomic mass is 16.1. The first kappa shape index (κ1) is 13.5. The Morgan fingerprint density at radius 2 is 1.88 bits per heavy atom. The molecule has 1 unspecified atom stereocenters. The van der Waals surface area contributed by atoms with Crippen LogP contribution in [-0.2, 0) is 4.79 Å². The van der Waals surface area contributed by atoms with E-state index in [9.17, 15) is 4.79 Å². The molecule has 0 aliphatic heterocycles. The number of hydrogen-bond acceptors (Lipinski definition) is 2. The molecule has 1 saturated carbocycles. The maximum Gasteiger partial charge on any atom is 0.234 e. The van der Waals surface area contributed by atoms with Crippen molar-refractivity contribution in [2.45, 2.75) is 65.0 Å². The van der Waals surface area contributed by atoms with Gasteiger partial charge in [0, 0.05) is 12.1 Å². The third-order valence-corrected chi connectivity index (χ3v) is 3.22. The second-order valence-corrected chi connectivity index (χ2v) is 5.39. The van der Waals surface area contributed by atoms with E-state index in [0.29, 0.717) is 12.6 Å². The van der Waals surface area contributed by atoms with Crippen molar-refractivity contribution in [1.82, 2.24) is 10.6 Å². The average Bonchev–Trinajstić information content (AvgIpc) is 2.66. The van der Waals surface area contributed by atoms with Crippen molar-refractivity contribution in [2.24, 2.45) is 5.92 Å². The second kappa shape index (κ2) is 6.89. The molecule has 16 heavy (non-hydrogen) atoms. The summed E-state index contributed by atoms with van der Waals surface area (Å²) in [6, 6.07) is 0.695. The van der Waals surface area contributed by atoms with Crippen LogP contribution in [-0.4, -0.2) is 24.5 Å². The van der Waals surface area contributed by atoms with Crippen LogP contribution in [0.4, 0.5) is 0 Å². The van der Waals surface area contributed by atoms with Gasteiger partial charge in [0.15, 0.2) is 0 Å². The van der Waals surface area contributed by atoms with Crippen LogP contribution in [0, 0.1) is 5.92 Å². The van der Waals surface area contributed by atoms with E-state index in [2.05, 4.69) is 17.6 Å². The van der Waals surface area contributed by atoms with Gasteiger partial charge in [-0.25, -0.2) is 0 Å². The van der Waals surface area contributed by atoms with Gasteiger partial charge in [-0.05, 0) is 33.1 Å². The van der Waals surface area contributed by atoms with E-state index < -0.39 is 0 Å². The minimum absolute atomic E-state index is 0.105. The van der Waals surface area contributed by atoms with Gasteiger partial charge in [-0.3, -0.25) is 4.79 Å². The maximum atomic E-state index is 11.4. The van der Waals surface area contributed by atoms with Gasteiger partial charge in [0.2, 0.25) is 5.91 Å². The van der Waals surface area contributed by atoms with Crippen LogP contribution in [0.3, 0.4) is 0 Å². The zero-order valence-corrected chi connectivity index (χ0v) is 10.9. The molecule has 0 aromatic carbocycles. The van der Waals surface area contributed by atoms with Gasteiger partial charge in [0.1, 0.15) is 0 Å². The largest absolute Gasteiger partial charge is 0.353 e.